The summed E-state index contributed by atoms with van der Waals surface area (Å²) in [6.45, 7) is 1.07. The van der Waals surface area contributed by atoms with E-state index in [-0.39, 0.29) is 18.7 Å². The highest BCUT2D eigenvalue weighted by Gasteiger charge is 2.25. The van der Waals surface area contributed by atoms with E-state index in [2.05, 4.69) is 26.3 Å². The summed E-state index contributed by atoms with van der Waals surface area (Å²) in [4.78, 5) is 11.0. The number of aliphatic hydroxyl groups is 1. The molecule has 1 saturated heterocycles. The van der Waals surface area contributed by atoms with E-state index in [0.717, 1.165) is 67.8 Å². The Morgan fingerprint density at radius 1 is 1.15 bits per heavy atom. The van der Waals surface area contributed by atoms with Gasteiger partial charge in [-0.25, -0.2) is 9.97 Å². The van der Waals surface area contributed by atoms with Crippen molar-refractivity contribution in [2.24, 2.45) is 0 Å². The number of hydrogen-bond acceptors (Lipinski definition) is 6. The van der Waals surface area contributed by atoms with Crippen LogP contribution in [0.1, 0.15) is 49.3 Å². The van der Waals surface area contributed by atoms with E-state index in [1.807, 2.05) is 12.1 Å². The minimum Gasteiger partial charge on any atom is -0.508 e. The molecule has 2 atom stereocenters. The fourth-order valence-electron chi connectivity index (χ4n) is 4.23. The third kappa shape index (κ3) is 3.33. The minimum atomic E-state index is 0.138. The number of nitrogens with one attached hydrogen (secondary N) is 1. The number of anilines is 2. The number of aromatic nitrogens is 2. The van der Waals surface area contributed by atoms with Crippen LogP contribution in [0.2, 0.25) is 0 Å². The summed E-state index contributed by atoms with van der Waals surface area (Å²) in [5.41, 5.74) is 2.20. The molecule has 0 spiro atoms. The summed E-state index contributed by atoms with van der Waals surface area (Å²) in [5, 5.41) is 23.3. The molecule has 6 nitrogen and oxygen atoms in total. The molecule has 6 heteroatoms. The van der Waals surface area contributed by atoms with E-state index in [0.29, 0.717) is 5.75 Å². The van der Waals surface area contributed by atoms with Crippen molar-refractivity contribution in [2.45, 2.75) is 50.6 Å². The molecular weight excluding hydrogens is 328 g/mol. The molecule has 1 aromatic carbocycles. The van der Waals surface area contributed by atoms with Crippen molar-refractivity contribution >= 4 is 11.6 Å². The normalized spacial score (nSPS) is 22.7. The molecule has 2 unspecified atom stereocenters. The van der Waals surface area contributed by atoms with E-state index < -0.39 is 0 Å². The fraction of sp³-hybridized carbons (Fsp3) is 0.500. The lowest BCUT2D eigenvalue weighted by Gasteiger charge is -2.35. The Bertz CT molecular complexity index is 767. The molecule has 3 N–H and O–H groups in total. The lowest BCUT2D eigenvalue weighted by atomic mass is 9.87. The highest BCUT2D eigenvalue weighted by atomic mass is 16.3. The maximum Gasteiger partial charge on any atom is 0.134 e. The van der Waals surface area contributed by atoms with Crippen LogP contribution < -0.4 is 10.2 Å². The quantitative estimate of drug-likeness (QED) is 0.783. The average molecular weight is 354 g/mol. The summed E-state index contributed by atoms with van der Waals surface area (Å²) in [7, 11) is 0. The van der Waals surface area contributed by atoms with Gasteiger partial charge in [-0.05, 0) is 55.7 Å². The molecule has 2 aliphatic rings. The summed E-state index contributed by atoms with van der Waals surface area (Å²) in [6.07, 6.45) is 7.84. The molecule has 1 fully saturated rings. The van der Waals surface area contributed by atoms with Gasteiger partial charge < -0.3 is 20.4 Å². The summed E-state index contributed by atoms with van der Waals surface area (Å²) < 4.78 is 0. The third-order valence-corrected chi connectivity index (χ3v) is 5.59. The Morgan fingerprint density at radius 3 is 2.96 bits per heavy atom. The van der Waals surface area contributed by atoms with Crippen LogP contribution in [-0.4, -0.2) is 39.4 Å². The van der Waals surface area contributed by atoms with E-state index in [1.54, 1.807) is 12.4 Å². The lowest BCUT2D eigenvalue weighted by Crippen LogP contribution is -2.42. The van der Waals surface area contributed by atoms with Gasteiger partial charge in [0.15, 0.2) is 0 Å². The molecule has 0 saturated carbocycles. The highest BCUT2D eigenvalue weighted by Crippen LogP contribution is 2.36. The minimum absolute atomic E-state index is 0.138. The Kier molecular flexibility index (Phi) is 4.93. The molecule has 26 heavy (non-hydrogen) atoms. The molecule has 1 aliphatic carbocycles. The standard InChI is InChI=1S/C20H26N4O2/c25-12-14-5-1-2-10-24(14)20-11-19(21-13-22-20)23-17-8-3-7-16-15(17)6-4-9-18(16)26/h4,6,9,11,13-14,17,25-26H,1-3,5,7-8,10,12H2,(H,21,22,23). The van der Waals surface area contributed by atoms with Crippen molar-refractivity contribution in [2.75, 3.05) is 23.4 Å². The SMILES string of the molecule is OCC1CCCCN1c1cc(NC2CCCc3c(O)cccc32)ncn1. The van der Waals surface area contributed by atoms with E-state index in [4.69, 9.17) is 0 Å². The van der Waals surface area contributed by atoms with Gasteiger partial charge in [0.1, 0.15) is 23.7 Å². The number of hydrogen-bond donors (Lipinski definition) is 3. The number of aromatic hydroxyl groups is 1. The maximum atomic E-state index is 10.1. The largest absolute Gasteiger partial charge is 0.508 e. The number of phenolic OH excluding ortho intramolecular Hbond substituents is 1. The zero-order valence-corrected chi connectivity index (χ0v) is 14.9. The summed E-state index contributed by atoms with van der Waals surface area (Å²) in [6, 6.07) is 8.00. The van der Waals surface area contributed by atoms with Crippen LogP contribution in [0.25, 0.3) is 0 Å². The monoisotopic (exact) mass is 354 g/mol. The van der Waals surface area contributed by atoms with Crippen molar-refractivity contribution in [1.82, 2.24) is 9.97 Å². The third-order valence-electron chi connectivity index (χ3n) is 5.59. The van der Waals surface area contributed by atoms with Crippen molar-refractivity contribution in [3.05, 3.63) is 41.7 Å². The number of fused-ring (bicyclic) bond motifs is 1. The van der Waals surface area contributed by atoms with Crippen molar-refractivity contribution in [3.8, 4) is 5.75 Å². The highest BCUT2D eigenvalue weighted by molar-refractivity contribution is 5.52. The predicted molar refractivity (Wildman–Crippen MR) is 102 cm³/mol. The second-order valence-electron chi connectivity index (χ2n) is 7.22. The Morgan fingerprint density at radius 2 is 2.08 bits per heavy atom. The zero-order chi connectivity index (χ0) is 17.9. The van der Waals surface area contributed by atoms with Crippen molar-refractivity contribution in [3.63, 3.8) is 0 Å². The molecule has 2 heterocycles. The van der Waals surface area contributed by atoms with Gasteiger partial charge in [-0.3, -0.25) is 0 Å². The van der Waals surface area contributed by atoms with Gasteiger partial charge in [-0.2, -0.15) is 0 Å². The van der Waals surface area contributed by atoms with Crippen LogP contribution >= 0.6 is 0 Å². The first-order valence-corrected chi connectivity index (χ1v) is 9.53. The predicted octanol–water partition coefficient (Wildman–Crippen LogP) is 3.02. The van der Waals surface area contributed by atoms with Crippen LogP contribution in [0.15, 0.2) is 30.6 Å². The van der Waals surface area contributed by atoms with Crippen molar-refractivity contribution in [1.29, 1.82) is 0 Å². The Labute approximate surface area is 153 Å². The Balaban J connectivity index is 1.56. The number of nitrogens with zero attached hydrogens (tertiary/aromatic N) is 3. The van der Waals surface area contributed by atoms with E-state index in [9.17, 15) is 10.2 Å². The van der Waals surface area contributed by atoms with Gasteiger partial charge in [0.2, 0.25) is 0 Å². The lowest BCUT2D eigenvalue weighted by molar-refractivity contribution is 0.239. The first-order valence-electron chi connectivity index (χ1n) is 9.53. The molecule has 138 valence electrons. The van der Waals surface area contributed by atoms with Gasteiger partial charge in [0.25, 0.3) is 0 Å². The summed E-state index contributed by atoms with van der Waals surface area (Å²) >= 11 is 0. The second-order valence-corrected chi connectivity index (χ2v) is 7.22. The number of piperidine rings is 1. The first-order chi connectivity index (χ1) is 12.8. The molecule has 0 amide bonds. The fourth-order valence-corrected chi connectivity index (χ4v) is 4.23. The van der Waals surface area contributed by atoms with Crippen molar-refractivity contribution < 1.29 is 10.2 Å². The van der Waals surface area contributed by atoms with Gasteiger partial charge in [0, 0.05) is 12.6 Å². The number of benzene rings is 1. The molecule has 0 radical (unpaired) electrons. The van der Waals surface area contributed by atoms with Crippen LogP contribution in [0.4, 0.5) is 11.6 Å². The molecular formula is C20H26N4O2. The topological polar surface area (TPSA) is 81.5 Å². The number of phenols is 1. The molecule has 0 bridgehead atoms. The van der Waals surface area contributed by atoms with Gasteiger partial charge >= 0.3 is 0 Å². The van der Waals surface area contributed by atoms with Gasteiger partial charge in [-0.15, -0.1) is 0 Å². The molecule has 2 aromatic rings. The van der Waals surface area contributed by atoms with E-state index in [1.165, 1.54) is 0 Å². The van der Waals surface area contributed by atoms with Gasteiger partial charge in [-0.1, -0.05) is 12.1 Å². The second kappa shape index (κ2) is 7.50. The smallest absolute Gasteiger partial charge is 0.134 e. The van der Waals surface area contributed by atoms with E-state index >= 15 is 0 Å². The molecule has 4 rings (SSSR count). The van der Waals surface area contributed by atoms with Crippen LogP contribution in [0.5, 0.6) is 5.75 Å². The molecule has 1 aliphatic heterocycles. The zero-order valence-electron chi connectivity index (χ0n) is 14.9. The van der Waals surface area contributed by atoms with Gasteiger partial charge in [0.05, 0.1) is 18.7 Å². The summed E-state index contributed by atoms with van der Waals surface area (Å²) in [5.74, 6) is 2.04. The van der Waals surface area contributed by atoms with Crippen LogP contribution in [-0.2, 0) is 6.42 Å². The van der Waals surface area contributed by atoms with Crippen LogP contribution in [0, 0.1) is 0 Å². The number of aliphatic hydroxyl groups excluding tert-OH is 1. The Hall–Kier alpha value is -2.34. The molecule has 1 aromatic heterocycles. The number of rotatable bonds is 4. The van der Waals surface area contributed by atoms with Crippen LogP contribution in [0.3, 0.4) is 0 Å². The average Bonchev–Trinajstić information content (AvgIpc) is 2.69. The maximum absolute atomic E-state index is 10.1. The first kappa shape index (κ1) is 17.1.